The fourth-order valence-electron chi connectivity index (χ4n) is 1.85. The summed E-state index contributed by atoms with van der Waals surface area (Å²) < 4.78 is 1.19. The van der Waals surface area contributed by atoms with Crippen LogP contribution in [0.25, 0.3) is 0 Å². The molecule has 1 aliphatic carbocycles. The zero-order valence-corrected chi connectivity index (χ0v) is 10.2. The van der Waals surface area contributed by atoms with E-state index in [0.29, 0.717) is 5.41 Å². The quantitative estimate of drug-likeness (QED) is 0.770. The third-order valence-electron chi connectivity index (χ3n) is 3.11. The van der Waals surface area contributed by atoms with E-state index in [2.05, 4.69) is 39.4 Å². The van der Waals surface area contributed by atoms with Gasteiger partial charge in [-0.05, 0) is 46.3 Å². The van der Waals surface area contributed by atoms with E-state index in [9.17, 15) is 0 Å². The number of hydrogen-bond acceptors (Lipinski definition) is 2. The van der Waals surface area contributed by atoms with Crippen LogP contribution in [-0.2, 0) is 0 Å². The van der Waals surface area contributed by atoms with Crippen LogP contribution in [0.4, 0.5) is 5.69 Å². The summed E-state index contributed by atoms with van der Waals surface area (Å²) in [5.41, 5.74) is 1.91. The molecule has 1 nitrogen and oxygen atoms in total. The maximum atomic E-state index is 3.60. The van der Waals surface area contributed by atoms with Gasteiger partial charge in [0.1, 0.15) is 0 Å². The van der Waals surface area contributed by atoms with Gasteiger partial charge in [-0.15, -0.1) is 11.8 Å². The number of rotatable bonds is 0. The third kappa shape index (κ3) is 1.47. The van der Waals surface area contributed by atoms with Crippen molar-refractivity contribution in [1.82, 2.24) is 0 Å². The Morgan fingerprint density at radius 3 is 3.00 bits per heavy atom. The molecule has 0 amide bonds. The van der Waals surface area contributed by atoms with Crippen molar-refractivity contribution in [2.45, 2.75) is 17.7 Å². The molecule has 74 valence electrons. The minimum absolute atomic E-state index is 0.614. The van der Waals surface area contributed by atoms with Crippen molar-refractivity contribution < 1.29 is 0 Å². The second kappa shape index (κ2) is 3.17. The highest BCUT2D eigenvalue weighted by Gasteiger charge is 2.43. The Morgan fingerprint density at radius 2 is 2.21 bits per heavy atom. The van der Waals surface area contributed by atoms with Crippen LogP contribution in [-0.4, -0.2) is 12.3 Å². The molecule has 0 radical (unpaired) electrons. The average Bonchev–Trinajstić information content (AvgIpc) is 2.96. The molecule has 1 heterocycles. The molecule has 1 fully saturated rings. The Hall–Kier alpha value is -0.150. The van der Waals surface area contributed by atoms with Gasteiger partial charge in [-0.1, -0.05) is 6.07 Å². The Balaban J connectivity index is 1.96. The summed E-state index contributed by atoms with van der Waals surface area (Å²) in [6.07, 6.45) is 2.80. The van der Waals surface area contributed by atoms with Crippen molar-refractivity contribution in [1.29, 1.82) is 0 Å². The zero-order valence-electron chi connectivity index (χ0n) is 7.85. The Bertz CT molecular complexity index is 374. The van der Waals surface area contributed by atoms with Crippen LogP contribution in [0.15, 0.2) is 27.6 Å². The van der Waals surface area contributed by atoms with E-state index in [-0.39, 0.29) is 0 Å². The first kappa shape index (κ1) is 9.10. The molecule has 14 heavy (non-hydrogen) atoms. The predicted octanol–water partition coefficient (Wildman–Crippen LogP) is 3.75. The van der Waals surface area contributed by atoms with Crippen molar-refractivity contribution in [2.24, 2.45) is 5.41 Å². The summed E-state index contributed by atoms with van der Waals surface area (Å²) >= 11 is 5.60. The third-order valence-corrected chi connectivity index (χ3v) is 5.18. The van der Waals surface area contributed by atoms with Gasteiger partial charge in [0.05, 0.1) is 5.69 Å². The number of fused-ring (bicyclic) bond motifs is 1. The van der Waals surface area contributed by atoms with Crippen LogP contribution in [0.5, 0.6) is 0 Å². The highest BCUT2D eigenvalue weighted by molar-refractivity contribution is 9.10. The molecular formula is C11H12BrNS. The number of anilines is 1. The molecule has 1 N–H and O–H groups in total. The van der Waals surface area contributed by atoms with E-state index < -0.39 is 0 Å². The highest BCUT2D eigenvalue weighted by Crippen LogP contribution is 2.52. The molecule has 2 aliphatic rings. The van der Waals surface area contributed by atoms with Crippen LogP contribution in [0.2, 0.25) is 0 Å². The molecule has 1 aromatic rings. The summed E-state index contributed by atoms with van der Waals surface area (Å²) in [6, 6.07) is 6.43. The van der Waals surface area contributed by atoms with Crippen LogP contribution >= 0.6 is 27.7 Å². The minimum Gasteiger partial charge on any atom is -0.383 e. The summed E-state index contributed by atoms with van der Waals surface area (Å²) in [4.78, 5) is 1.39. The van der Waals surface area contributed by atoms with Gasteiger partial charge in [-0.2, -0.15) is 0 Å². The fraction of sp³-hybridized carbons (Fsp3) is 0.455. The van der Waals surface area contributed by atoms with Crippen LogP contribution < -0.4 is 5.32 Å². The van der Waals surface area contributed by atoms with Gasteiger partial charge in [-0.25, -0.2) is 0 Å². The van der Waals surface area contributed by atoms with Gasteiger partial charge in [0, 0.05) is 21.7 Å². The van der Waals surface area contributed by atoms with Gasteiger partial charge in [-0.3, -0.25) is 0 Å². The van der Waals surface area contributed by atoms with Crippen LogP contribution in [0, 0.1) is 5.41 Å². The Kier molecular flexibility index (Phi) is 2.06. The van der Waals surface area contributed by atoms with Crippen molar-refractivity contribution >= 4 is 33.4 Å². The second-order valence-corrected chi connectivity index (χ2v) is 6.13. The summed E-state index contributed by atoms with van der Waals surface area (Å²) in [5, 5.41) is 3.58. The monoisotopic (exact) mass is 269 g/mol. The first-order valence-corrected chi connectivity index (χ1v) is 6.72. The van der Waals surface area contributed by atoms with E-state index in [1.807, 2.05) is 11.8 Å². The number of benzene rings is 1. The van der Waals surface area contributed by atoms with Gasteiger partial charge in [0.25, 0.3) is 0 Å². The molecule has 3 rings (SSSR count). The van der Waals surface area contributed by atoms with E-state index in [1.165, 1.54) is 33.7 Å². The molecule has 0 bridgehead atoms. The molecule has 1 spiro atoms. The number of thioether (sulfide) groups is 1. The standard InChI is InChI=1S/C11H12BrNS/c12-8-2-1-3-9-10(8)13-6-11(4-5-11)7-14-9/h1-3,13H,4-7H2. The smallest absolute Gasteiger partial charge is 0.0622 e. The van der Waals surface area contributed by atoms with Crippen molar-refractivity contribution in [3.63, 3.8) is 0 Å². The number of para-hydroxylation sites is 1. The highest BCUT2D eigenvalue weighted by atomic mass is 79.9. The van der Waals surface area contributed by atoms with Crippen molar-refractivity contribution in [3.8, 4) is 0 Å². The Labute approximate surface area is 96.8 Å². The summed E-state index contributed by atoms with van der Waals surface area (Å²) in [6.45, 7) is 1.15. The lowest BCUT2D eigenvalue weighted by molar-refractivity contribution is 0.626. The number of nitrogens with one attached hydrogen (secondary N) is 1. The van der Waals surface area contributed by atoms with Crippen molar-refractivity contribution in [3.05, 3.63) is 22.7 Å². The SMILES string of the molecule is Brc1cccc2c1NCC1(CC1)CS2. The van der Waals surface area contributed by atoms with E-state index in [0.717, 1.165) is 6.54 Å². The molecule has 1 aliphatic heterocycles. The van der Waals surface area contributed by atoms with Gasteiger partial charge >= 0.3 is 0 Å². The second-order valence-electron chi connectivity index (χ2n) is 4.26. The van der Waals surface area contributed by atoms with E-state index in [4.69, 9.17) is 0 Å². The zero-order chi connectivity index (χ0) is 9.60. The number of hydrogen-bond donors (Lipinski definition) is 1. The lowest BCUT2D eigenvalue weighted by Crippen LogP contribution is -2.15. The van der Waals surface area contributed by atoms with Gasteiger partial charge in [0.2, 0.25) is 0 Å². The molecule has 3 heteroatoms. The molecule has 0 aromatic heterocycles. The van der Waals surface area contributed by atoms with Gasteiger partial charge in [0.15, 0.2) is 0 Å². The topological polar surface area (TPSA) is 12.0 Å². The summed E-state index contributed by atoms with van der Waals surface area (Å²) in [7, 11) is 0. The number of halogens is 1. The fourth-order valence-corrected chi connectivity index (χ4v) is 3.84. The minimum atomic E-state index is 0.614. The molecule has 0 atom stereocenters. The normalized spacial score (nSPS) is 22.4. The molecule has 0 saturated heterocycles. The predicted molar refractivity (Wildman–Crippen MR) is 65.0 cm³/mol. The molecular weight excluding hydrogens is 258 g/mol. The molecule has 0 unspecified atom stereocenters. The Morgan fingerprint density at radius 1 is 1.36 bits per heavy atom. The average molecular weight is 270 g/mol. The molecule has 1 aromatic carbocycles. The maximum Gasteiger partial charge on any atom is 0.0622 e. The summed E-state index contributed by atoms with van der Waals surface area (Å²) in [5.74, 6) is 1.28. The van der Waals surface area contributed by atoms with E-state index in [1.54, 1.807) is 0 Å². The lowest BCUT2D eigenvalue weighted by atomic mass is 10.1. The first-order valence-electron chi connectivity index (χ1n) is 4.94. The first-order chi connectivity index (χ1) is 6.79. The van der Waals surface area contributed by atoms with Gasteiger partial charge < -0.3 is 5.32 Å². The van der Waals surface area contributed by atoms with Crippen LogP contribution in [0.1, 0.15) is 12.8 Å². The maximum absolute atomic E-state index is 3.60. The van der Waals surface area contributed by atoms with Crippen molar-refractivity contribution in [2.75, 3.05) is 17.6 Å². The van der Waals surface area contributed by atoms with E-state index >= 15 is 0 Å². The molecule has 1 saturated carbocycles. The largest absolute Gasteiger partial charge is 0.383 e. The lowest BCUT2D eigenvalue weighted by Gasteiger charge is -2.11. The van der Waals surface area contributed by atoms with Crippen LogP contribution in [0.3, 0.4) is 0 Å².